The van der Waals surface area contributed by atoms with E-state index >= 15 is 0 Å². The molecule has 0 radical (unpaired) electrons. The standard InChI is InChI=1S/C18H27NO5/c1-4-16(24-12-15-11-23-15)18(2,3)6-5-17(20)19(7-13-9-21-13)8-14-10-22-14/h13-16H,4,7-12H2,1-3H3. The van der Waals surface area contributed by atoms with Crippen molar-refractivity contribution < 1.29 is 23.7 Å². The van der Waals surface area contributed by atoms with Crippen molar-refractivity contribution in [1.82, 2.24) is 4.90 Å². The van der Waals surface area contributed by atoms with Crippen LogP contribution >= 0.6 is 0 Å². The van der Waals surface area contributed by atoms with Gasteiger partial charge in [0.1, 0.15) is 6.10 Å². The van der Waals surface area contributed by atoms with Crippen molar-refractivity contribution in [2.75, 3.05) is 39.5 Å². The summed E-state index contributed by atoms with van der Waals surface area (Å²) < 4.78 is 21.6. The highest BCUT2D eigenvalue weighted by Gasteiger charge is 2.34. The maximum absolute atomic E-state index is 12.5. The Bertz CT molecular complexity index is 497. The molecule has 0 spiro atoms. The van der Waals surface area contributed by atoms with E-state index in [0.717, 1.165) is 26.2 Å². The van der Waals surface area contributed by atoms with Gasteiger partial charge in [-0.3, -0.25) is 4.79 Å². The summed E-state index contributed by atoms with van der Waals surface area (Å²) in [5, 5.41) is 0. The normalized spacial score (nSPS) is 28.5. The highest BCUT2D eigenvalue weighted by atomic mass is 16.6. The highest BCUT2D eigenvalue weighted by molar-refractivity contribution is 5.93. The summed E-state index contributed by atoms with van der Waals surface area (Å²) in [6.07, 6.45) is 1.38. The predicted molar refractivity (Wildman–Crippen MR) is 87.4 cm³/mol. The Hall–Kier alpha value is -1.13. The molecule has 3 saturated heterocycles. The van der Waals surface area contributed by atoms with Gasteiger partial charge in [-0.2, -0.15) is 0 Å². The zero-order chi connectivity index (χ0) is 17.2. The maximum Gasteiger partial charge on any atom is 0.298 e. The number of ether oxygens (including phenoxy) is 4. The van der Waals surface area contributed by atoms with Gasteiger partial charge in [0.05, 0.1) is 63.2 Å². The van der Waals surface area contributed by atoms with Crippen LogP contribution in [0.4, 0.5) is 0 Å². The number of carbonyl (C=O) groups is 1. The van der Waals surface area contributed by atoms with Crippen LogP contribution in [0.15, 0.2) is 0 Å². The first kappa shape index (κ1) is 17.7. The third-order valence-electron chi connectivity index (χ3n) is 4.49. The molecule has 3 heterocycles. The van der Waals surface area contributed by atoms with Crippen LogP contribution in [0.25, 0.3) is 0 Å². The van der Waals surface area contributed by atoms with E-state index in [2.05, 4.69) is 18.8 Å². The molecule has 24 heavy (non-hydrogen) atoms. The van der Waals surface area contributed by atoms with E-state index < -0.39 is 5.41 Å². The molecular formula is C18H27NO5. The quantitative estimate of drug-likeness (QED) is 0.461. The first-order valence-electron chi connectivity index (χ1n) is 8.76. The molecule has 3 aliphatic rings. The monoisotopic (exact) mass is 337 g/mol. The van der Waals surface area contributed by atoms with Crippen molar-refractivity contribution in [2.45, 2.75) is 51.6 Å². The van der Waals surface area contributed by atoms with E-state index in [9.17, 15) is 4.79 Å². The van der Waals surface area contributed by atoms with Crippen LogP contribution in [0.1, 0.15) is 27.2 Å². The van der Waals surface area contributed by atoms with Crippen LogP contribution in [0, 0.1) is 17.3 Å². The molecule has 3 rings (SSSR count). The smallest absolute Gasteiger partial charge is 0.298 e. The number of nitrogens with zero attached hydrogens (tertiary/aromatic N) is 1. The van der Waals surface area contributed by atoms with Crippen molar-refractivity contribution in [2.24, 2.45) is 5.41 Å². The number of carbonyl (C=O) groups excluding carboxylic acids is 1. The van der Waals surface area contributed by atoms with E-state index in [-0.39, 0.29) is 30.3 Å². The number of amides is 1. The van der Waals surface area contributed by atoms with Gasteiger partial charge in [0.25, 0.3) is 5.91 Å². The summed E-state index contributed by atoms with van der Waals surface area (Å²) in [7, 11) is 0. The lowest BCUT2D eigenvalue weighted by atomic mass is 9.85. The number of hydrogen-bond donors (Lipinski definition) is 0. The number of rotatable bonds is 9. The molecule has 0 aromatic heterocycles. The van der Waals surface area contributed by atoms with Crippen LogP contribution in [0.3, 0.4) is 0 Å². The lowest BCUT2D eigenvalue weighted by molar-refractivity contribution is -0.125. The fourth-order valence-electron chi connectivity index (χ4n) is 2.68. The second-order valence-electron chi connectivity index (χ2n) is 7.28. The largest absolute Gasteiger partial charge is 0.374 e. The minimum absolute atomic E-state index is 0.0195. The van der Waals surface area contributed by atoms with Gasteiger partial charge < -0.3 is 23.8 Å². The van der Waals surface area contributed by atoms with Gasteiger partial charge in [-0.1, -0.05) is 12.8 Å². The van der Waals surface area contributed by atoms with Gasteiger partial charge >= 0.3 is 0 Å². The minimum atomic E-state index is -0.392. The van der Waals surface area contributed by atoms with Crippen LogP contribution in [0.2, 0.25) is 0 Å². The van der Waals surface area contributed by atoms with E-state index in [0.29, 0.717) is 19.7 Å². The zero-order valence-electron chi connectivity index (χ0n) is 14.7. The molecule has 0 aromatic carbocycles. The summed E-state index contributed by atoms with van der Waals surface area (Å²) in [5.41, 5.74) is -0.392. The van der Waals surface area contributed by atoms with E-state index in [1.165, 1.54) is 0 Å². The Morgan fingerprint density at radius 2 is 1.71 bits per heavy atom. The minimum Gasteiger partial charge on any atom is -0.374 e. The first-order chi connectivity index (χ1) is 11.5. The maximum atomic E-state index is 12.5. The SMILES string of the molecule is CCC(OCC1CO1)C(C)(C)C#CC(=O)N(CC1CO1)CC1CO1. The van der Waals surface area contributed by atoms with E-state index in [1.54, 1.807) is 4.90 Å². The molecule has 134 valence electrons. The summed E-state index contributed by atoms with van der Waals surface area (Å²) in [4.78, 5) is 14.2. The fraction of sp³-hybridized carbons (Fsp3) is 0.833. The molecule has 0 N–H and O–H groups in total. The van der Waals surface area contributed by atoms with Crippen LogP contribution in [-0.2, 0) is 23.7 Å². The van der Waals surface area contributed by atoms with Crippen molar-refractivity contribution in [3.63, 3.8) is 0 Å². The highest BCUT2D eigenvalue weighted by Crippen LogP contribution is 2.26. The molecule has 0 bridgehead atoms. The van der Waals surface area contributed by atoms with Gasteiger partial charge in [0, 0.05) is 0 Å². The predicted octanol–water partition coefficient (Wildman–Crippen LogP) is 0.836. The van der Waals surface area contributed by atoms with Crippen LogP contribution in [-0.4, -0.2) is 74.7 Å². The Morgan fingerprint density at radius 1 is 1.17 bits per heavy atom. The first-order valence-corrected chi connectivity index (χ1v) is 8.76. The second-order valence-corrected chi connectivity index (χ2v) is 7.28. The van der Waals surface area contributed by atoms with Crippen molar-refractivity contribution in [3.05, 3.63) is 0 Å². The molecule has 0 aliphatic carbocycles. The van der Waals surface area contributed by atoms with E-state index in [1.807, 2.05) is 13.8 Å². The molecule has 4 unspecified atom stereocenters. The molecular weight excluding hydrogens is 310 g/mol. The Morgan fingerprint density at radius 3 is 2.17 bits per heavy atom. The topological polar surface area (TPSA) is 67.1 Å². The fourth-order valence-corrected chi connectivity index (χ4v) is 2.68. The van der Waals surface area contributed by atoms with Crippen LogP contribution in [0.5, 0.6) is 0 Å². The van der Waals surface area contributed by atoms with Gasteiger partial charge in [-0.05, 0) is 26.2 Å². The zero-order valence-corrected chi connectivity index (χ0v) is 14.7. The van der Waals surface area contributed by atoms with Gasteiger partial charge in [-0.25, -0.2) is 0 Å². The van der Waals surface area contributed by atoms with Crippen molar-refractivity contribution in [3.8, 4) is 11.8 Å². The molecule has 4 atom stereocenters. The van der Waals surface area contributed by atoms with Gasteiger partial charge in [-0.15, -0.1) is 0 Å². The molecule has 3 fully saturated rings. The molecule has 0 saturated carbocycles. The summed E-state index contributed by atoms with van der Waals surface area (Å²) in [6.45, 7) is 10.1. The Labute approximate surface area is 143 Å². The van der Waals surface area contributed by atoms with Gasteiger partial charge in [0.2, 0.25) is 0 Å². The molecule has 6 heteroatoms. The Kier molecular flexibility index (Phi) is 5.46. The second kappa shape index (κ2) is 7.40. The molecule has 0 aromatic rings. The van der Waals surface area contributed by atoms with Crippen LogP contribution < -0.4 is 0 Å². The average molecular weight is 337 g/mol. The Balaban J connectivity index is 1.56. The van der Waals surface area contributed by atoms with E-state index in [4.69, 9.17) is 18.9 Å². The molecule has 1 amide bonds. The number of epoxide rings is 3. The molecule has 3 aliphatic heterocycles. The van der Waals surface area contributed by atoms with Crippen molar-refractivity contribution in [1.29, 1.82) is 0 Å². The number of hydrogen-bond acceptors (Lipinski definition) is 5. The third kappa shape index (κ3) is 5.45. The third-order valence-corrected chi connectivity index (χ3v) is 4.49. The summed E-state index contributed by atoms with van der Waals surface area (Å²) in [6, 6.07) is 0. The summed E-state index contributed by atoms with van der Waals surface area (Å²) in [5.74, 6) is 5.80. The average Bonchev–Trinajstić information content (AvgIpc) is 3.35. The molecule has 6 nitrogen and oxygen atoms in total. The lowest BCUT2D eigenvalue weighted by Gasteiger charge is -2.28. The van der Waals surface area contributed by atoms with Gasteiger partial charge in [0.15, 0.2) is 0 Å². The van der Waals surface area contributed by atoms with Crippen molar-refractivity contribution >= 4 is 5.91 Å². The lowest BCUT2D eigenvalue weighted by Crippen LogP contribution is -2.37. The summed E-state index contributed by atoms with van der Waals surface area (Å²) >= 11 is 0.